The molecule has 1 atom stereocenters. The van der Waals surface area contributed by atoms with Gasteiger partial charge >= 0.3 is 0 Å². The lowest BCUT2D eigenvalue weighted by atomic mass is 10.1. The van der Waals surface area contributed by atoms with Gasteiger partial charge in [-0.2, -0.15) is 5.10 Å². The lowest BCUT2D eigenvalue weighted by Crippen LogP contribution is -2.15. The van der Waals surface area contributed by atoms with E-state index in [1.54, 1.807) is 0 Å². The van der Waals surface area contributed by atoms with Crippen LogP contribution in [-0.2, 0) is 6.42 Å². The second-order valence-corrected chi connectivity index (χ2v) is 5.30. The van der Waals surface area contributed by atoms with Crippen molar-refractivity contribution in [2.24, 2.45) is 5.73 Å². The third-order valence-corrected chi connectivity index (χ3v) is 3.58. The number of nitro benzene ring substituents is 1. The number of nitrogens with two attached hydrogens (primary N) is 1. The SMILES string of the molecule is NC(Cc1ccccc1)c1nc(-c2cc([N+](=O)[O-])ccc2O)n[nH]1. The molecule has 4 N–H and O–H groups in total. The van der Waals surface area contributed by atoms with E-state index in [-0.39, 0.29) is 22.8 Å². The Bertz CT molecular complexity index is 863. The van der Waals surface area contributed by atoms with Crippen molar-refractivity contribution in [3.05, 3.63) is 70.0 Å². The molecule has 0 bridgehead atoms. The first kappa shape index (κ1) is 15.6. The van der Waals surface area contributed by atoms with E-state index in [1.807, 2.05) is 30.3 Å². The number of phenolic OH excluding ortho intramolecular Hbond substituents is 1. The Labute approximate surface area is 137 Å². The molecule has 8 nitrogen and oxygen atoms in total. The summed E-state index contributed by atoms with van der Waals surface area (Å²) in [5, 5.41) is 27.5. The minimum atomic E-state index is -0.544. The number of aromatic amines is 1. The molecule has 0 saturated carbocycles. The second kappa shape index (κ2) is 6.47. The van der Waals surface area contributed by atoms with Crippen molar-refractivity contribution in [1.29, 1.82) is 0 Å². The van der Waals surface area contributed by atoms with Crippen LogP contribution in [0.2, 0.25) is 0 Å². The number of aromatic nitrogens is 3. The van der Waals surface area contributed by atoms with Gasteiger partial charge in [-0.3, -0.25) is 15.2 Å². The topological polar surface area (TPSA) is 131 Å². The summed E-state index contributed by atoms with van der Waals surface area (Å²) in [5.74, 6) is 0.470. The highest BCUT2D eigenvalue weighted by atomic mass is 16.6. The van der Waals surface area contributed by atoms with Gasteiger partial charge in [-0.05, 0) is 18.1 Å². The fourth-order valence-electron chi connectivity index (χ4n) is 2.34. The largest absolute Gasteiger partial charge is 0.507 e. The van der Waals surface area contributed by atoms with E-state index in [0.29, 0.717) is 12.2 Å². The van der Waals surface area contributed by atoms with Crippen molar-refractivity contribution in [3.63, 3.8) is 0 Å². The Morgan fingerprint density at radius 3 is 2.71 bits per heavy atom. The number of nitro groups is 1. The average molecular weight is 325 g/mol. The van der Waals surface area contributed by atoms with Crippen molar-refractivity contribution in [2.75, 3.05) is 0 Å². The van der Waals surface area contributed by atoms with E-state index in [4.69, 9.17) is 5.73 Å². The highest BCUT2D eigenvalue weighted by Gasteiger charge is 2.18. The minimum absolute atomic E-state index is 0.136. The van der Waals surface area contributed by atoms with Crippen LogP contribution in [-0.4, -0.2) is 25.2 Å². The van der Waals surface area contributed by atoms with E-state index in [9.17, 15) is 15.2 Å². The molecule has 1 heterocycles. The predicted octanol–water partition coefficient (Wildman–Crippen LogP) is 2.33. The molecule has 122 valence electrons. The van der Waals surface area contributed by atoms with Crippen molar-refractivity contribution in [2.45, 2.75) is 12.5 Å². The van der Waals surface area contributed by atoms with Crippen molar-refractivity contribution >= 4 is 5.69 Å². The summed E-state index contributed by atoms with van der Waals surface area (Å²) in [4.78, 5) is 14.6. The van der Waals surface area contributed by atoms with Gasteiger partial charge in [0, 0.05) is 12.1 Å². The summed E-state index contributed by atoms with van der Waals surface area (Å²) in [5.41, 5.74) is 7.22. The van der Waals surface area contributed by atoms with Crippen molar-refractivity contribution in [1.82, 2.24) is 15.2 Å². The van der Waals surface area contributed by atoms with Crippen molar-refractivity contribution < 1.29 is 10.0 Å². The van der Waals surface area contributed by atoms with E-state index in [0.717, 1.165) is 5.56 Å². The number of hydrogen-bond acceptors (Lipinski definition) is 6. The molecule has 1 unspecified atom stereocenters. The third kappa shape index (κ3) is 3.23. The Balaban J connectivity index is 1.85. The molecule has 2 aromatic carbocycles. The molecule has 24 heavy (non-hydrogen) atoms. The molecule has 1 aromatic heterocycles. The smallest absolute Gasteiger partial charge is 0.270 e. The molecule has 0 aliphatic carbocycles. The standard InChI is InChI=1S/C16H15N5O3/c17-13(8-10-4-2-1-3-5-10)16-18-15(19-20-16)12-9-11(21(23)24)6-7-14(12)22/h1-7,9,13,22H,8,17H2,(H,18,19,20). The molecular weight excluding hydrogens is 310 g/mol. The normalized spacial score (nSPS) is 12.0. The van der Waals surface area contributed by atoms with Crippen LogP contribution in [0, 0.1) is 10.1 Å². The highest BCUT2D eigenvalue weighted by molar-refractivity contribution is 5.66. The Morgan fingerprint density at radius 1 is 1.25 bits per heavy atom. The molecule has 0 saturated heterocycles. The van der Waals surface area contributed by atoms with Crippen LogP contribution < -0.4 is 5.73 Å². The zero-order valence-electron chi connectivity index (χ0n) is 12.6. The Kier molecular flexibility index (Phi) is 4.21. The summed E-state index contributed by atoms with van der Waals surface area (Å²) in [6.07, 6.45) is 0.566. The maximum atomic E-state index is 10.9. The molecule has 0 amide bonds. The molecule has 3 rings (SSSR count). The van der Waals surface area contributed by atoms with Gasteiger partial charge in [-0.15, -0.1) is 0 Å². The predicted molar refractivity (Wildman–Crippen MR) is 87.2 cm³/mol. The first-order valence-corrected chi connectivity index (χ1v) is 7.24. The van der Waals surface area contributed by atoms with Gasteiger partial charge < -0.3 is 10.8 Å². The molecule has 0 aliphatic rings. The Morgan fingerprint density at radius 2 is 2.00 bits per heavy atom. The van der Waals surface area contributed by atoms with Crippen molar-refractivity contribution in [3.8, 4) is 17.1 Å². The quantitative estimate of drug-likeness (QED) is 0.487. The number of nitrogens with zero attached hydrogens (tertiary/aromatic N) is 3. The number of phenols is 1. The van der Waals surface area contributed by atoms with Gasteiger partial charge in [-0.1, -0.05) is 30.3 Å². The number of nitrogens with one attached hydrogen (secondary N) is 1. The maximum Gasteiger partial charge on any atom is 0.270 e. The first-order chi connectivity index (χ1) is 11.5. The van der Waals surface area contributed by atoms with Crippen LogP contribution in [0.5, 0.6) is 5.75 Å². The van der Waals surface area contributed by atoms with Gasteiger partial charge in [0.15, 0.2) is 5.82 Å². The number of non-ortho nitro benzene ring substituents is 1. The lowest BCUT2D eigenvalue weighted by Gasteiger charge is -2.07. The van der Waals surface area contributed by atoms with Crippen LogP contribution in [0.1, 0.15) is 17.4 Å². The fourth-order valence-corrected chi connectivity index (χ4v) is 2.34. The van der Waals surface area contributed by atoms with Crippen LogP contribution in [0.3, 0.4) is 0 Å². The summed E-state index contributed by atoms with van der Waals surface area (Å²) in [6.45, 7) is 0. The van der Waals surface area contributed by atoms with Gasteiger partial charge in [-0.25, -0.2) is 4.98 Å². The van der Waals surface area contributed by atoms with Gasteiger partial charge in [0.1, 0.15) is 11.6 Å². The zero-order chi connectivity index (χ0) is 17.1. The highest BCUT2D eigenvalue weighted by Crippen LogP contribution is 2.30. The van der Waals surface area contributed by atoms with Crippen LogP contribution in [0.25, 0.3) is 11.4 Å². The summed E-state index contributed by atoms with van der Waals surface area (Å²) in [7, 11) is 0. The summed E-state index contributed by atoms with van der Waals surface area (Å²) < 4.78 is 0. The third-order valence-electron chi connectivity index (χ3n) is 3.58. The molecule has 0 aliphatic heterocycles. The van der Waals surface area contributed by atoms with Crippen LogP contribution in [0.4, 0.5) is 5.69 Å². The number of hydrogen-bond donors (Lipinski definition) is 3. The number of aromatic hydroxyl groups is 1. The van der Waals surface area contributed by atoms with Crippen LogP contribution in [0.15, 0.2) is 48.5 Å². The average Bonchev–Trinajstić information content (AvgIpc) is 3.06. The Hall–Kier alpha value is -3.26. The zero-order valence-corrected chi connectivity index (χ0v) is 12.6. The number of H-pyrrole nitrogens is 1. The van der Waals surface area contributed by atoms with Gasteiger partial charge in [0.25, 0.3) is 5.69 Å². The second-order valence-electron chi connectivity index (χ2n) is 5.30. The molecule has 0 radical (unpaired) electrons. The molecule has 0 fully saturated rings. The van der Waals surface area contributed by atoms with E-state index >= 15 is 0 Å². The van der Waals surface area contributed by atoms with Gasteiger partial charge in [0.2, 0.25) is 0 Å². The monoisotopic (exact) mass is 325 g/mol. The lowest BCUT2D eigenvalue weighted by molar-refractivity contribution is -0.384. The number of benzene rings is 2. The minimum Gasteiger partial charge on any atom is -0.507 e. The maximum absolute atomic E-state index is 10.9. The molecular formula is C16H15N5O3. The van der Waals surface area contributed by atoms with E-state index in [1.165, 1.54) is 18.2 Å². The molecule has 0 spiro atoms. The first-order valence-electron chi connectivity index (χ1n) is 7.24. The molecule has 8 heteroatoms. The summed E-state index contributed by atoms with van der Waals surface area (Å²) in [6, 6.07) is 13.0. The summed E-state index contributed by atoms with van der Waals surface area (Å²) >= 11 is 0. The van der Waals surface area contributed by atoms with Gasteiger partial charge in [0.05, 0.1) is 16.5 Å². The fraction of sp³-hybridized carbons (Fsp3) is 0.125. The van der Waals surface area contributed by atoms with E-state index in [2.05, 4.69) is 15.2 Å². The molecule has 3 aromatic rings. The van der Waals surface area contributed by atoms with E-state index < -0.39 is 11.0 Å². The van der Waals surface area contributed by atoms with Crippen LogP contribution >= 0.6 is 0 Å². The number of rotatable bonds is 5.